The van der Waals surface area contributed by atoms with Crippen LogP contribution in [0, 0.1) is 0 Å². The lowest BCUT2D eigenvalue weighted by molar-refractivity contribution is 0.0261. The number of nitrogens with one attached hydrogen (secondary N) is 1. The van der Waals surface area contributed by atoms with Crippen LogP contribution in [0.1, 0.15) is 12.5 Å². The first-order chi connectivity index (χ1) is 12.0. The molecule has 4 heterocycles. The highest BCUT2D eigenvalue weighted by molar-refractivity contribution is 9.10. The highest BCUT2D eigenvalue weighted by Crippen LogP contribution is 2.43. The van der Waals surface area contributed by atoms with Gasteiger partial charge in [0.25, 0.3) is 5.56 Å². The number of thioether (sulfide) groups is 1. The summed E-state index contributed by atoms with van der Waals surface area (Å²) in [6.45, 7) is 2.47. The molecule has 9 heteroatoms. The molecular weight excluding hydrogens is 430 g/mol. The highest BCUT2D eigenvalue weighted by atomic mass is 79.9. The van der Waals surface area contributed by atoms with Gasteiger partial charge in [-0.05, 0) is 28.4 Å². The summed E-state index contributed by atoms with van der Waals surface area (Å²) in [6, 6.07) is 2.14. The van der Waals surface area contributed by atoms with Crippen LogP contribution in [0.2, 0.25) is 5.02 Å². The fraction of sp³-hybridized carbons (Fsp3) is 0.500. The molecule has 25 heavy (non-hydrogen) atoms. The molecule has 0 amide bonds. The van der Waals surface area contributed by atoms with Crippen LogP contribution in [-0.2, 0) is 4.74 Å². The fourth-order valence-electron chi connectivity index (χ4n) is 4.17. The molecule has 0 aliphatic carbocycles. The summed E-state index contributed by atoms with van der Waals surface area (Å²) >= 11 is 11.5. The monoisotopic (exact) mass is 443 g/mol. The Morgan fingerprint density at radius 3 is 3.00 bits per heavy atom. The highest BCUT2D eigenvalue weighted by Gasteiger charge is 2.40. The second-order valence-corrected chi connectivity index (χ2v) is 9.05. The Morgan fingerprint density at radius 2 is 2.28 bits per heavy atom. The molecule has 3 aliphatic rings. The van der Waals surface area contributed by atoms with E-state index in [1.165, 1.54) is 0 Å². The van der Waals surface area contributed by atoms with Gasteiger partial charge in [-0.1, -0.05) is 11.6 Å². The van der Waals surface area contributed by atoms with Crippen LogP contribution in [0.15, 0.2) is 25.0 Å². The first-order valence-electron chi connectivity index (χ1n) is 8.18. The molecule has 2 bridgehead atoms. The van der Waals surface area contributed by atoms with E-state index in [-0.39, 0.29) is 17.3 Å². The SMILES string of the molecule is O=c1[nH]c(=O)n2c3c(c(Cl)c(Br)cc13)SC[C@@H]2CN1C[C@H]2C[C@H]1CO2. The third kappa shape index (κ3) is 2.45. The van der Waals surface area contributed by atoms with Crippen LogP contribution in [-0.4, -0.2) is 52.0 Å². The fourth-order valence-corrected chi connectivity index (χ4v) is 6.23. The van der Waals surface area contributed by atoms with Crippen LogP contribution < -0.4 is 11.2 Å². The molecule has 6 nitrogen and oxygen atoms in total. The Kier molecular flexibility index (Phi) is 3.83. The van der Waals surface area contributed by atoms with E-state index >= 15 is 0 Å². The summed E-state index contributed by atoms with van der Waals surface area (Å²) in [6.07, 6.45) is 1.40. The molecule has 1 aromatic carbocycles. The molecular formula is C16H15BrClN3O3S. The lowest BCUT2D eigenvalue weighted by atomic mass is 10.2. The lowest BCUT2D eigenvalue weighted by Crippen LogP contribution is -2.44. The summed E-state index contributed by atoms with van der Waals surface area (Å²) in [4.78, 5) is 30.6. The van der Waals surface area contributed by atoms with Crippen LogP contribution in [0.3, 0.4) is 0 Å². The summed E-state index contributed by atoms with van der Waals surface area (Å²) in [7, 11) is 0. The molecule has 2 fully saturated rings. The predicted molar refractivity (Wildman–Crippen MR) is 101 cm³/mol. The van der Waals surface area contributed by atoms with Crippen molar-refractivity contribution < 1.29 is 4.74 Å². The molecule has 1 N–H and O–H groups in total. The molecule has 1 aromatic heterocycles. The number of morpholine rings is 1. The number of H-pyrrole nitrogens is 1. The second-order valence-electron chi connectivity index (χ2n) is 6.79. The van der Waals surface area contributed by atoms with Gasteiger partial charge in [0.05, 0.1) is 39.6 Å². The molecule has 3 aliphatic heterocycles. The summed E-state index contributed by atoms with van der Waals surface area (Å²) in [5, 5.41) is 1.05. The van der Waals surface area contributed by atoms with Crippen molar-refractivity contribution in [2.75, 3.05) is 25.4 Å². The third-order valence-electron chi connectivity index (χ3n) is 5.32. The van der Waals surface area contributed by atoms with Gasteiger partial charge in [-0.2, -0.15) is 0 Å². The van der Waals surface area contributed by atoms with Gasteiger partial charge >= 0.3 is 5.69 Å². The quantitative estimate of drug-likeness (QED) is 0.769. The molecule has 5 rings (SSSR count). The summed E-state index contributed by atoms with van der Waals surface area (Å²) in [5.74, 6) is 0.749. The van der Waals surface area contributed by atoms with Crippen LogP contribution in [0.5, 0.6) is 0 Å². The Balaban J connectivity index is 1.65. The van der Waals surface area contributed by atoms with Crippen molar-refractivity contribution in [2.24, 2.45) is 0 Å². The number of aromatic nitrogens is 2. The van der Waals surface area contributed by atoms with Crippen molar-refractivity contribution >= 4 is 50.2 Å². The number of fused-ring (bicyclic) bond motifs is 2. The maximum Gasteiger partial charge on any atom is 0.329 e. The second kappa shape index (κ2) is 5.85. The van der Waals surface area contributed by atoms with Crippen molar-refractivity contribution in [3.8, 4) is 0 Å². The zero-order chi connectivity index (χ0) is 17.3. The maximum absolute atomic E-state index is 12.6. The number of hydrogen-bond acceptors (Lipinski definition) is 5. The van der Waals surface area contributed by atoms with E-state index in [1.807, 2.05) is 0 Å². The van der Waals surface area contributed by atoms with Gasteiger partial charge in [0.2, 0.25) is 0 Å². The number of aromatic amines is 1. The van der Waals surface area contributed by atoms with Crippen molar-refractivity contribution in [1.29, 1.82) is 0 Å². The van der Waals surface area contributed by atoms with Crippen LogP contribution >= 0.6 is 39.3 Å². The third-order valence-corrected chi connectivity index (χ3v) is 7.92. The number of nitrogens with zero attached hydrogens (tertiary/aromatic N) is 2. The van der Waals surface area contributed by atoms with Crippen LogP contribution in [0.25, 0.3) is 10.9 Å². The summed E-state index contributed by atoms with van der Waals surface area (Å²) in [5.41, 5.74) is -0.0726. The van der Waals surface area contributed by atoms with Gasteiger partial charge in [-0.25, -0.2) is 4.79 Å². The van der Waals surface area contributed by atoms with Gasteiger partial charge in [0.1, 0.15) is 0 Å². The van der Waals surface area contributed by atoms with E-state index in [9.17, 15) is 9.59 Å². The van der Waals surface area contributed by atoms with Crippen LogP contribution in [0.4, 0.5) is 0 Å². The smallest absolute Gasteiger partial charge is 0.329 e. The Labute approximate surface area is 160 Å². The average molecular weight is 445 g/mol. The Morgan fingerprint density at radius 1 is 1.44 bits per heavy atom. The topological polar surface area (TPSA) is 67.3 Å². The zero-order valence-electron chi connectivity index (χ0n) is 13.1. The van der Waals surface area contributed by atoms with E-state index in [0.717, 1.165) is 36.8 Å². The van der Waals surface area contributed by atoms with E-state index in [1.54, 1.807) is 22.4 Å². The van der Waals surface area contributed by atoms with Crippen molar-refractivity contribution in [2.45, 2.75) is 29.5 Å². The van der Waals surface area contributed by atoms with Gasteiger partial charge < -0.3 is 4.74 Å². The predicted octanol–water partition coefficient (Wildman–Crippen LogP) is 2.23. The first-order valence-corrected chi connectivity index (χ1v) is 10.3. The van der Waals surface area contributed by atoms with Crippen molar-refractivity contribution in [3.63, 3.8) is 0 Å². The number of ether oxygens (including phenoxy) is 1. The number of likely N-dealkylation sites (tertiary alicyclic amines) is 1. The maximum atomic E-state index is 12.6. The van der Waals surface area contributed by atoms with Gasteiger partial charge in [-0.3, -0.25) is 19.2 Å². The zero-order valence-corrected chi connectivity index (χ0v) is 16.3. The minimum absolute atomic E-state index is 0.000872. The number of rotatable bonds is 2. The average Bonchev–Trinajstić information content (AvgIpc) is 3.19. The number of benzene rings is 1. The molecule has 0 spiro atoms. The molecule has 132 valence electrons. The molecule has 0 saturated carbocycles. The molecule has 2 aromatic rings. The normalized spacial score (nSPS) is 28.2. The molecule has 0 unspecified atom stereocenters. The largest absolute Gasteiger partial charge is 0.375 e. The van der Waals surface area contributed by atoms with E-state index in [4.69, 9.17) is 16.3 Å². The lowest BCUT2D eigenvalue weighted by Gasteiger charge is -2.34. The van der Waals surface area contributed by atoms with Crippen molar-refractivity contribution in [3.05, 3.63) is 36.4 Å². The minimum Gasteiger partial charge on any atom is -0.375 e. The number of halogens is 2. The van der Waals surface area contributed by atoms with Crippen molar-refractivity contribution in [1.82, 2.24) is 14.5 Å². The molecule has 3 atom stereocenters. The minimum atomic E-state index is -0.371. The van der Waals surface area contributed by atoms with E-state index in [0.29, 0.717) is 32.5 Å². The van der Waals surface area contributed by atoms with E-state index < -0.39 is 0 Å². The van der Waals surface area contributed by atoms with Gasteiger partial charge in [0.15, 0.2) is 0 Å². The first kappa shape index (κ1) is 16.4. The molecule has 0 radical (unpaired) electrons. The summed E-state index contributed by atoms with van der Waals surface area (Å²) < 4.78 is 8.07. The molecule has 2 saturated heterocycles. The van der Waals surface area contributed by atoms with E-state index in [2.05, 4.69) is 25.8 Å². The van der Waals surface area contributed by atoms with Gasteiger partial charge in [0, 0.05) is 29.4 Å². The Bertz CT molecular complexity index is 1010. The van der Waals surface area contributed by atoms with Gasteiger partial charge in [-0.15, -0.1) is 11.8 Å². The Hall–Kier alpha value is -0.800. The standard InChI is InChI=1S/C16H15BrClN3O3S/c17-11-2-10-13-14(12(11)18)25-6-8(21(13)16(23)19-15(10)22)3-20-4-9-1-7(20)5-24-9/h2,7-9H,1,3-6H2,(H,19,22,23)/t7-,8-,9+/m0/s1. The number of hydrogen-bond donors (Lipinski definition) is 1.